The van der Waals surface area contributed by atoms with Gasteiger partial charge in [0.1, 0.15) is 22.5 Å². The zero-order valence-corrected chi connectivity index (χ0v) is 21.0. The molecule has 4 rings (SSSR count). The Labute approximate surface area is 203 Å². The van der Waals surface area contributed by atoms with Crippen molar-refractivity contribution in [3.63, 3.8) is 0 Å². The molecule has 0 fully saturated rings. The molecule has 0 saturated carbocycles. The normalized spacial score (nSPS) is 19.2. The third-order valence-electron chi connectivity index (χ3n) is 5.80. The molecule has 0 unspecified atom stereocenters. The van der Waals surface area contributed by atoms with Gasteiger partial charge in [0, 0.05) is 11.1 Å². The van der Waals surface area contributed by atoms with Crippen LogP contribution < -0.4 is 14.8 Å². The first-order valence-electron chi connectivity index (χ1n) is 10.9. The summed E-state index contributed by atoms with van der Waals surface area (Å²) in [6, 6.07) is 12.1. The smallest absolute Gasteiger partial charge is 0.256 e. The van der Waals surface area contributed by atoms with E-state index in [1.165, 1.54) is 11.5 Å². The number of aliphatic hydroxyl groups excluding tert-OH is 1. The van der Waals surface area contributed by atoms with Crippen LogP contribution in [0, 0.1) is 6.92 Å². The monoisotopic (exact) mass is 501 g/mol. The van der Waals surface area contributed by atoms with Gasteiger partial charge in [-0.1, -0.05) is 19.1 Å². The predicted octanol–water partition coefficient (Wildman–Crippen LogP) is 3.82. The Morgan fingerprint density at radius 2 is 1.88 bits per heavy atom. The topological polar surface area (TPSA) is 118 Å². The van der Waals surface area contributed by atoms with E-state index in [1.54, 1.807) is 62.4 Å². The van der Waals surface area contributed by atoms with Gasteiger partial charge in [-0.2, -0.15) is 4.37 Å². The van der Waals surface area contributed by atoms with Crippen molar-refractivity contribution >= 4 is 32.5 Å². The highest BCUT2D eigenvalue weighted by Crippen LogP contribution is 2.41. The second-order valence-electron chi connectivity index (χ2n) is 8.79. The minimum Gasteiger partial charge on any atom is -0.485 e. The number of amides is 1. The summed E-state index contributed by atoms with van der Waals surface area (Å²) in [5.41, 5.74) is 1.44. The number of rotatable bonds is 6. The standard InChI is InChI=1S/C24H27N3O5S2/c1-5-15-6-9-17(10-7-15)34(30,31)27-21-18-13-16(23(29)25-20-12-14(2)26-33-20)8-11-19(18)32-24(3,4)22(21)28/h6-13,21-22,27-28H,5H2,1-4H3,(H,25,29)/t21-,22+/m1/s1. The zero-order chi connectivity index (χ0) is 24.7. The number of aliphatic hydroxyl groups is 1. The van der Waals surface area contributed by atoms with Crippen LogP contribution in [0.25, 0.3) is 0 Å². The largest absolute Gasteiger partial charge is 0.485 e. The van der Waals surface area contributed by atoms with Gasteiger partial charge in [0.25, 0.3) is 5.91 Å². The summed E-state index contributed by atoms with van der Waals surface area (Å²) < 4.78 is 39.1. The first-order valence-corrected chi connectivity index (χ1v) is 13.1. The number of sulfonamides is 1. The second-order valence-corrected chi connectivity index (χ2v) is 11.3. The lowest BCUT2D eigenvalue weighted by Gasteiger charge is -2.42. The molecule has 3 N–H and O–H groups in total. The lowest BCUT2D eigenvalue weighted by molar-refractivity contribution is -0.0603. The highest BCUT2D eigenvalue weighted by Gasteiger charge is 2.44. The molecule has 2 atom stereocenters. The summed E-state index contributed by atoms with van der Waals surface area (Å²) in [5, 5.41) is 14.4. The number of nitrogens with one attached hydrogen (secondary N) is 2. The number of benzene rings is 2. The van der Waals surface area contributed by atoms with Crippen LogP contribution in [-0.4, -0.2) is 35.5 Å². The molecule has 0 saturated heterocycles. The molecule has 0 bridgehead atoms. The van der Waals surface area contributed by atoms with Gasteiger partial charge >= 0.3 is 0 Å². The van der Waals surface area contributed by atoms with Crippen molar-refractivity contribution in [3.05, 3.63) is 70.9 Å². The van der Waals surface area contributed by atoms with E-state index >= 15 is 0 Å². The number of fused-ring (bicyclic) bond motifs is 1. The maximum absolute atomic E-state index is 13.2. The Balaban J connectivity index is 1.68. The van der Waals surface area contributed by atoms with Crippen LogP contribution in [0.15, 0.2) is 53.4 Å². The molecular weight excluding hydrogens is 474 g/mol. The highest BCUT2D eigenvalue weighted by molar-refractivity contribution is 7.89. The van der Waals surface area contributed by atoms with Crippen molar-refractivity contribution < 1.29 is 23.1 Å². The summed E-state index contributed by atoms with van der Waals surface area (Å²) in [4.78, 5) is 12.9. The van der Waals surface area contributed by atoms with E-state index in [-0.39, 0.29) is 10.8 Å². The van der Waals surface area contributed by atoms with Crippen molar-refractivity contribution in [2.75, 3.05) is 5.32 Å². The van der Waals surface area contributed by atoms with Gasteiger partial charge in [-0.3, -0.25) is 4.79 Å². The summed E-state index contributed by atoms with van der Waals surface area (Å²) in [6.07, 6.45) is -0.410. The third-order valence-corrected chi connectivity index (χ3v) is 8.05. The number of carbonyl (C=O) groups is 1. The van der Waals surface area contributed by atoms with E-state index in [4.69, 9.17) is 4.74 Å². The summed E-state index contributed by atoms with van der Waals surface area (Å²) in [7, 11) is -3.96. The van der Waals surface area contributed by atoms with E-state index in [0.717, 1.165) is 17.7 Å². The third kappa shape index (κ3) is 4.85. The minimum atomic E-state index is -3.96. The van der Waals surface area contributed by atoms with E-state index in [9.17, 15) is 18.3 Å². The number of ether oxygens (including phenoxy) is 1. The molecule has 2 heterocycles. The molecule has 1 aliphatic rings. The van der Waals surface area contributed by atoms with Gasteiger partial charge in [0.2, 0.25) is 10.0 Å². The van der Waals surface area contributed by atoms with Gasteiger partial charge in [-0.15, -0.1) is 0 Å². The quantitative estimate of drug-likeness (QED) is 0.473. The second kappa shape index (κ2) is 9.10. The molecular formula is C24H27N3O5S2. The first-order chi connectivity index (χ1) is 16.0. The summed E-state index contributed by atoms with van der Waals surface area (Å²) in [5.74, 6) is 0.0250. The summed E-state index contributed by atoms with van der Waals surface area (Å²) >= 11 is 1.17. The van der Waals surface area contributed by atoms with Crippen molar-refractivity contribution in [1.29, 1.82) is 0 Å². The Hall–Kier alpha value is -2.79. The number of nitrogens with zero attached hydrogens (tertiary/aromatic N) is 1. The predicted molar refractivity (Wildman–Crippen MR) is 131 cm³/mol. The van der Waals surface area contributed by atoms with Crippen molar-refractivity contribution in [2.45, 2.75) is 56.8 Å². The van der Waals surface area contributed by atoms with Gasteiger partial charge in [-0.25, -0.2) is 13.1 Å². The van der Waals surface area contributed by atoms with Crippen LogP contribution in [0.5, 0.6) is 5.75 Å². The van der Waals surface area contributed by atoms with Gasteiger partial charge in [0.15, 0.2) is 0 Å². The molecule has 1 amide bonds. The molecule has 3 aromatic rings. The van der Waals surface area contributed by atoms with E-state index in [0.29, 0.717) is 21.9 Å². The van der Waals surface area contributed by atoms with Crippen molar-refractivity contribution in [2.24, 2.45) is 0 Å². The number of anilines is 1. The van der Waals surface area contributed by atoms with Crippen LogP contribution in [0.3, 0.4) is 0 Å². The fourth-order valence-corrected chi connectivity index (χ4v) is 5.69. The molecule has 8 nitrogen and oxygen atoms in total. The number of hydrogen-bond acceptors (Lipinski definition) is 7. The fourth-order valence-electron chi connectivity index (χ4n) is 3.81. The van der Waals surface area contributed by atoms with Crippen LogP contribution in [0.2, 0.25) is 0 Å². The molecule has 34 heavy (non-hydrogen) atoms. The van der Waals surface area contributed by atoms with Gasteiger partial charge < -0.3 is 15.2 Å². The minimum absolute atomic E-state index is 0.0946. The lowest BCUT2D eigenvalue weighted by atomic mass is 9.86. The Kier molecular flexibility index (Phi) is 6.52. The number of aryl methyl sites for hydroxylation is 2. The molecule has 0 aliphatic carbocycles. The van der Waals surface area contributed by atoms with Crippen molar-refractivity contribution in [1.82, 2.24) is 9.10 Å². The molecule has 0 spiro atoms. The molecule has 1 aliphatic heterocycles. The number of carbonyl (C=O) groups excluding carboxylic acids is 1. The maximum atomic E-state index is 13.2. The number of aromatic nitrogens is 1. The lowest BCUT2D eigenvalue weighted by Crippen LogP contribution is -2.53. The molecule has 180 valence electrons. The van der Waals surface area contributed by atoms with Gasteiger partial charge in [-0.05, 0) is 80.7 Å². The van der Waals surface area contributed by atoms with E-state index in [2.05, 4.69) is 14.4 Å². The van der Waals surface area contributed by atoms with Crippen LogP contribution in [0.1, 0.15) is 54.0 Å². The number of hydrogen-bond donors (Lipinski definition) is 3. The maximum Gasteiger partial charge on any atom is 0.256 e. The van der Waals surface area contributed by atoms with E-state index < -0.39 is 27.8 Å². The molecule has 0 radical (unpaired) electrons. The Bertz CT molecular complexity index is 1320. The first kappa shape index (κ1) is 24.3. The zero-order valence-electron chi connectivity index (χ0n) is 19.3. The average Bonchev–Trinajstić information content (AvgIpc) is 3.20. The van der Waals surface area contributed by atoms with Crippen LogP contribution in [-0.2, 0) is 16.4 Å². The Morgan fingerprint density at radius 3 is 2.50 bits per heavy atom. The fraction of sp³-hybridized carbons (Fsp3) is 0.333. The van der Waals surface area contributed by atoms with Crippen LogP contribution in [0.4, 0.5) is 5.00 Å². The summed E-state index contributed by atoms with van der Waals surface area (Å²) in [6.45, 7) is 7.19. The molecule has 10 heteroatoms. The van der Waals surface area contributed by atoms with Crippen LogP contribution >= 0.6 is 11.5 Å². The molecule has 2 aromatic carbocycles. The highest BCUT2D eigenvalue weighted by atomic mass is 32.2. The van der Waals surface area contributed by atoms with Gasteiger partial charge in [0.05, 0.1) is 16.6 Å². The van der Waals surface area contributed by atoms with Crippen molar-refractivity contribution in [3.8, 4) is 5.75 Å². The van der Waals surface area contributed by atoms with E-state index in [1.807, 2.05) is 13.8 Å². The SMILES string of the molecule is CCc1ccc(S(=O)(=O)N[C@@H]2c3cc(C(=O)Nc4cc(C)ns4)ccc3OC(C)(C)[C@H]2O)cc1. The molecule has 1 aromatic heterocycles. The Morgan fingerprint density at radius 1 is 1.18 bits per heavy atom. The average molecular weight is 502 g/mol.